The number of nitrogens with zero attached hydrogens (tertiary/aromatic N) is 1. The fraction of sp³-hybridized carbons (Fsp3) is 0.429. The number of nitrogens with one attached hydrogen (secondary N) is 2. The Kier molecular flexibility index (Phi) is 6.11. The van der Waals surface area contributed by atoms with Gasteiger partial charge in [-0.2, -0.15) is 0 Å². The lowest BCUT2D eigenvalue weighted by atomic mass is 9.92. The Morgan fingerprint density at radius 2 is 2.03 bits per heavy atom. The molecule has 4 amide bonds. The number of aliphatic hydroxyl groups is 1. The molecule has 1 atom stereocenters. The van der Waals surface area contributed by atoms with Crippen molar-refractivity contribution < 1.29 is 24.3 Å². The number of piperidine rings is 2. The van der Waals surface area contributed by atoms with Gasteiger partial charge in [0.2, 0.25) is 18.2 Å². The highest BCUT2D eigenvalue weighted by Gasteiger charge is 2.35. The van der Waals surface area contributed by atoms with Crippen molar-refractivity contribution in [1.82, 2.24) is 15.5 Å². The molecule has 1 aromatic rings. The number of amides is 4. The Bertz CT molecular complexity index is 909. The third kappa shape index (κ3) is 4.53. The number of benzene rings is 1. The molecule has 0 aliphatic carbocycles. The van der Waals surface area contributed by atoms with Gasteiger partial charge in [-0.15, -0.1) is 0 Å². The zero-order chi connectivity index (χ0) is 21.0. The lowest BCUT2D eigenvalue weighted by molar-refractivity contribution is -0.139. The molecule has 1 unspecified atom stereocenters. The summed E-state index contributed by atoms with van der Waals surface area (Å²) in [5.74, 6) is 4.15. The smallest absolute Gasteiger partial charge is 0.261 e. The zero-order valence-electron chi connectivity index (χ0n) is 16.2. The SMILES string of the molecule is Cc1c(C#CC2(O)CCNCC2)cccc1C(=O)N(C=O)C1CCC(=O)NC1=O. The van der Waals surface area contributed by atoms with E-state index in [0.29, 0.717) is 43.5 Å². The molecule has 2 saturated heterocycles. The molecular weight excluding hydrogens is 374 g/mol. The molecule has 8 nitrogen and oxygen atoms in total. The highest BCUT2D eigenvalue weighted by atomic mass is 16.3. The van der Waals surface area contributed by atoms with Crippen LogP contribution >= 0.6 is 0 Å². The molecule has 0 radical (unpaired) electrons. The van der Waals surface area contributed by atoms with Crippen LogP contribution in [-0.2, 0) is 14.4 Å². The van der Waals surface area contributed by atoms with Crippen LogP contribution in [0.5, 0.6) is 0 Å². The van der Waals surface area contributed by atoms with Gasteiger partial charge >= 0.3 is 0 Å². The summed E-state index contributed by atoms with van der Waals surface area (Å²) in [4.78, 5) is 48.8. The molecule has 2 aliphatic heterocycles. The number of carbonyl (C=O) groups is 4. The van der Waals surface area contributed by atoms with Crippen LogP contribution in [-0.4, -0.2) is 58.9 Å². The second-order valence-electron chi connectivity index (χ2n) is 7.29. The fourth-order valence-corrected chi connectivity index (χ4v) is 3.50. The van der Waals surface area contributed by atoms with Crippen molar-refractivity contribution in [3.63, 3.8) is 0 Å². The minimum atomic E-state index is -1.07. The summed E-state index contributed by atoms with van der Waals surface area (Å²) in [6, 6.07) is 3.91. The van der Waals surface area contributed by atoms with E-state index in [1.54, 1.807) is 25.1 Å². The van der Waals surface area contributed by atoms with Crippen molar-refractivity contribution in [3.05, 3.63) is 34.9 Å². The van der Waals surface area contributed by atoms with Crippen molar-refractivity contribution in [1.29, 1.82) is 0 Å². The Morgan fingerprint density at radius 1 is 1.31 bits per heavy atom. The van der Waals surface area contributed by atoms with Crippen LogP contribution in [0.15, 0.2) is 18.2 Å². The van der Waals surface area contributed by atoms with Gasteiger partial charge in [0, 0.05) is 17.5 Å². The first-order chi connectivity index (χ1) is 13.8. The highest BCUT2D eigenvalue weighted by Crippen LogP contribution is 2.20. The second kappa shape index (κ2) is 8.55. The van der Waals surface area contributed by atoms with Crippen molar-refractivity contribution in [3.8, 4) is 11.8 Å². The van der Waals surface area contributed by atoms with Gasteiger partial charge in [-0.1, -0.05) is 17.9 Å². The summed E-state index contributed by atoms with van der Waals surface area (Å²) in [6.07, 6.45) is 1.51. The monoisotopic (exact) mass is 397 g/mol. The largest absolute Gasteiger partial charge is 0.377 e. The molecule has 152 valence electrons. The van der Waals surface area contributed by atoms with E-state index < -0.39 is 29.4 Å². The van der Waals surface area contributed by atoms with E-state index in [0.717, 1.165) is 4.90 Å². The Morgan fingerprint density at radius 3 is 2.69 bits per heavy atom. The molecule has 0 saturated carbocycles. The lowest BCUT2D eigenvalue weighted by Crippen LogP contribution is -2.53. The molecule has 3 N–H and O–H groups in total. The maximum atomic E-state index is 13.0. The highest BCUT2D eigenvalue weighted by molar-refractivity contribution is 6.07. The topological polar surface area (TPSA) is 116 Å². The van der Waals surface area contributed by atoms with Crippen LogP contribution in [0.3, 0.4) is 0 Å². The minimum absolute atomic E-state index is 0.0615. The van der Waals surface area contributed by atoms with E-state index >= 15 is 0 Å². The van der Waals surface area contributed by atoms with Gasteiger partial charge in [-0.05, 0) is 57.0 Å². The third-order valence-electron chi connectivity index (χ3n) is 5.32. The maximum Gasteiger partial charge on any atom is 0.261 e. The van der Waals surface area contributed by atoms with Gasteiger partial charge in [0.1, 0.15) is 11.6 Å². The summed E-state index contributed by atoms with van der Waals surface area (Å²) in [6.45, 7) is 3.07. The van der Waals surface area contributed by atoms with E-state index in [1.165, 1.54) is 0 Å². The second-order valence-corrected chi connectivity index (χ2v) is 7.29. The number of hydrogen-bond donors (Lipinski definition) is 3. The number of rotatable bonds is 3. The van der Waals surface area contributed by atoms with Crippen LogP contribution < -0.4 is 10.6 Å². The van der Waals surface area contributed by atoms with Gasteiger partial charge in [0.05, 0.1) is 0 Å². The molecule has 29 heavy (non-hydrogen) atoms. The van der Waals surface area contributed by atoms with Crippen molar-refractivity contribution in [2.45, 2.75) is 44.2 Å². The fourth-order valence-electron chi connectivity index (χ4n) is 3.50. The molecule has 2 aliphatic rings. The average molecular weight is 397 g/mol. The molecule has 1 aromatic carbocycles. The van der Waals surface area contributed by atoms with Crippen molar-refractivity contribution in [2.24, 2.45) is 0 Å². The molecule has 2 fully saturated rings. The van der Waals surface area contributed by atoms with Crippen LogP contribution in [0.1, 0.15) is 47.2 Å². The molecule has 0 bridgehead atoms. The van der Waals surface area contributed by atoms with Crippen LogP contribution in [0.2, 0.25) is 0 Å². The first-order valence-electron chi connectivity index (χ1n) is 9.52. The molecular formula is C21H23N3O5. The van der Waals surface area contributed by atoms with E-state index in [9.17, 15) is 24.3 Å². The lowest BCUT2D eigenvalue weighted by Gasteiger charge is -2.28. The molecule has 0 spiro atoms. The van der Waals surface area contributed by atoms with Gasteiger partial charge in [-0.25, -0.2) is 0 Å². The van der Waals surface area contributed by atoms with E-state index in [2.05, 4.69) is 22.5 Å². The minimum Gasteiger partial charge on any atom is -0.377 e. The number of carbonyl (C=O) groups excluding carboxylic acids is 4. The predicted octanol–water partition coefficient (Wildman–Crippen LogP) is -0.135. The average Bonchev–Trinajstić information content (AvgIpc) is 2.70. The quantitative estimate of drug-likeness (QED) is 0.372. The standard InChI is InChI=1S/C21H23N3O5/c1-14-15(7-8-21(29)9-11-22-12-10-21)3-2-4-16(14)20(28)24(13-25)17-5-6-18(26)23-19(17)27/h2-4,13,17,22,29H,5-6,9-12H2,1H3,(H,23,26,27). The van der Waals surface area contributed by atoms with Gasteiger partial charge in [-0.3, -0.25) is 29.4 Å². The Balaban J connectivity index is 1.86. The zero-order valence-corrected chi connectivity index (χ0v) is 16.2. The summed E-state index contributed by atoms with van der Waals surface area (Å²) in [5.41, 5.74) is 0.295. The summed E-state index contributed by atoms with van der Waals surface area (Å²) in [5, 5.41) is 15.9. The maximum absolute atomic E-state index is 13.0. The van der Waals surface area contributed by atoms with Crippen molar-refractivity contribution in [2.75, 3.05) is 13.1 Å². The molecule has 0 aromatic heterocycles. The first kappa shape index (κ1) is 20.7. The first-order valence-corrected chi connectivity index (χ1v) is 9.52. The Labute approximate surface area is 168 Å². The molecule has 3 rings (SSSR count). The normalized spacial score (nSPS) is 20.8. The van der Waals surface area contributed by atoms with Gasteiger partial charge in [0.25, 0.3) is 5.91 Å². The van der Waals surface area contributed by atoms with Crippen LogP contribution in [0.25, 0.3) is 0 Å². The molecule has 2 heterocycles. The van der Waals surface area contributed by atoms with Gasteiger partial charge < -0.3 is 10.4 Å². The summed E-state index contributed by atoms with van der Waals surface area (Å²) in [7, 11) is 0. The van der Waals surface area contributed by atoms with Crippen LogP contribution in [0.4, 0.5) is 0 Å². The van der Waals surface area contributed by atoms with Crippen LogP contribution in [0, 0.1) is 18.8 Å². The molecule has 8 heteroatoms. The van der Waals surface area contributed by atoms with E-state index in [1.807, 2.05) is 0 Å². The Hall–Kier alpha value is -3.02. The number of imide groups is 2. The van der Waals surface area contributed by atoms with Gasteiger partial charge in [0.15, 0.2) is 0 Å². The number of hydrogen-bond acceptors (Lipinski definition) is 6. The van der Waals surface area contributed by atoms with Crippen molar-refractivity contribution >= 4 is 24.1 Å². The predicted molar refractivity (Wildman–Crippen MR) is 104 cm³/mol. The summed E-state index contributed by atoms with van der Waals surface area (Å²) < 4.78 is 0. The van der Waals surface area contributed by atoms with E-state index in [-0.39, 0.29) is 18.4 Å². The third-order valence-corrected chi connectivity index (χ3v) is 5.32. The summed E-state index contributed by atoms with van der Waals surface area (Å²) >= 11 is 0. The van der Waals surface area contributed by atoms with E-state index in [4.69, 9.17) is 0 Å².